The lowest BCUT2D eigenvalue weighted by Crippen LogP contribution is -2.22. The molecule has 0 unspecified atom stereocenters. The first-order valence-corrected chi connectivity index (χ1v) is 9.40. The van der Waals surface area contributed by atoms with Crippen LogP contribution < -0.4 is 0 Å². The number of nitrogens with zero attached hydrogens (tertiary/aromatic N) is 2. The highest BCUT2D eigenvalue weighted by Crippen LogP contribution is 2.31. The van der Waals surface area contributed by atoms with Gasteiger partial charge in [-0.1, -0.05) is 12.0 Å². The summed E-state index contributed by atoms with van der Waals surface area (Å²) in [5, 5.41) is 0. The van der Waals surface area contributed by atoms with Crippen LogP contribution >= 0.6 is 0 Å². The molecule has 134 valence electrons. The van der Waals surface area contributed by atoms with Gasteiger partial charge in [0.05, 0.1) is 13.0 Å². The van der Waals surface area contributed by atoms with Crippen molar-refractivity contribution in [3.8, 4) is 11.8 Å². The van der Waals surface area contributed by atoms with Gasteiger partial charge in [-0.25, -0.2) is 4.98 Å². The number of carbonyl (C=O) groups excluding carboxylic acids is 1. The minimum atomic E-state index is -0.0540. The smallest absolute Gasteiger partial charge is 0.308 e. The average Bonchev–Trinajstić information content (AvgIpc) is 3.08. The van der Waals surface area contributed by atoms with Crippen molar-refractivity contribution in [3.05, 3.63) is 29.6 Å². The Bertz CT molecular complexity index is 636. The number of aromatic nitrogens is 1. The SMILES string of the molecule is COC(=O)C1CCC(CC#Cc2ccc([C@@H]3CCCN3C)cn2)CC1. The van der Waals surface area contributed by atoms with Crippen LogP contribution in [0.2, 0.25) is 0 Å². The van der Waals surface area contributed by atoms with Crippen molar-refractivity contribution >= 4 is 5.97 Å². The number of hydrogen-bond donors (Lipinski definition) is 0. The van der Waals surface area contributed by atoms with Crippen LogP contribution in [0.25, 0.3) is 0 Å². The fourth-order valence-corrected chi connectivity index (χ4v) is 4.06. The number of hydrogen-bond acceptors (Lipinski definition) is 4. The fourth-order valence-electron chi connectivity index (χ4n) is 4.06. The summed E-state index contributed by atoms with van der Waals surface area (Å²) < 4.78 is 4.84. The van der Waals surface area contributed by atoms with E-state index in [1.165, 1.54) is 32.1 Å². The number of esters is 1. The second-order valence-corrected chi connectivity index (χ2v) is 7.36. The van der Waals surface area contributed by atoms with E-state index >= 15 is 0 Å². The van der Waals surface area contributed by atoms with Gasteiger partial charge in [-0.3, -0.25) is 9.69 Å². The van der Waals surface area contributed by atoms with Crippen molar-refractivity contribution in [2.75, 3.05) is 20.7 Å². The first-order chi connectivity index (χ1) is 12.2. The lowest BCUT2D eigenvalue weighted by Gasteiger charge is -2.25. The Hall–Kier alpha value is -1.86. The maximum atomic E-state index is 11.6. The molecule has 2 aliphatic rings. The molecule has 0 aromatic carbocycles. The second-order valence-electron chi connectivity index (χ2n) is 7.36. The predicted molar refractivity (Wildman–Crippen MR) is 97.8 cm³/mol. The van der Waals surface area contributed by atoms with E-state index in [0.29, 0.717) is 12.0 Å². The Labute approximate surface area is 151 Å². The molecule has 25 heavy (non-hydrogen) atoms. The molecule has 1 aliphatic heterocycles. The Morgan fingerprint density at radius 3 is 2.68 bits per heavy atom. The minimum absolute atomic E-state index is 0.0540. The number of ether oxygens (including phenoxy) is 1. The van der Waals surface area contributed by atoms with Gasteiger partial charge in [-0.15, -0.1) is 0 Å². The van der Waals surface area contributed by atoms with Crippen LogP contribution in [0, 0.1) is 23.7 Å². The standard InChI is InChI=1S/C21H28N2O2/c1-23-14-4-7-20(23)18-12-13-19(22-15-18)6-3-5-16-8-10-17(11-9-16)21(24)25-2/h12-13,15-17,20H,4-5,7-11,14H2,1-2H3/t16?,17?,20-/m0/s1. The van der Waals surface area contributed by atoms with Crippen LogP contribution in [0.4, 0.5) is 0 Å². The summed E-state index contributed by atoms with van der Waals surface area (Å²) in [6.45, 7) is 1.17. The van der Waals surface area contributed by atoms with Gasteiger partial charge in [0.2, 0.25) is 0 Å². The number of rotatable bonds is 3. The van der Waals surface area contributed by atoms with Crippen LogP contribution in [0.3, 0.4) is 0 Å². The van der Waals surface area contributed by atoms with Gasteiger partial charge in [0.25, 0.3) is 0 Å². The normalized spacial score (nSPS) is 26.7. The van der Waals surface area contributed by atoms with E-state index in [0.717, 1.165) is 37.8 Å². The lowest BCUT2D eigenvalue weighted by molar-refractivity contribution is -0.146. The van der Waals surface area contributed by atoms with E-state index in [4.69, 9.17) is 4.74 Å². The molecule has 2 heterocycles. The van der Waals surface area contributed by atoms with Crippen molar-refractivity contribution < 1.29 is 9.53 Å². The average molecular weight is 340 g/mol. The summed E-state index contributed by atoms with van der Waals surface area (Å²) >= 11 is 0. The summed E-state index contributed by atoms with van der Waals surface area (Å²) in [7, 11) is 3.66. The van der Waals surface area contributed by atoms with E-state index in [2.05, 4.69) is 34.8 Å². The largest absolute Gasteiger partial charge is 0.469 e. The molecule has 0 amide bonds. The Kier molecular flexibility index (Phi) is 6.09. The predicted octanol–water partition coefficient (Wildman–Crippen LogP) is 3.57. The topological polar surface area (TPSA) is 42.4 Å². The molecule has 1 saturated heterocycles. The molecule has 1 aromatic rings. The van der Waals surface area contributed by atoms with Crippen molar-refractivity contribution in [3.63, 3.8) is 0 Å². The van der Waals surface area contributed by atoms with Crippen LogP contribution in [0.1, 0.15) is 62.2 Å². The van der Waals surface area contributed by atoms with E-state index in [1.54, 1.807) is 0 Å². The van der Waals surface area contributed by atoms with E-state index in [9.17, 15) is 4.79 Å². The maximum Gasteiger partial charge on any atom is 0.308 e. The third-order valence-corrected chi connectivity index (χ3v) is 5.68. The molecule has 2 fully saturated rings. The monoisotopic (exact) mass is 340 g/mol. The molecule has 1 saturated carbocycles. The summed E-state index contributed by atoms with van der Waals surface area (Å²) in [5.74, 6) is 7.13. The molecule has 0 radical (unpaired) electrons. The van der Waals surface area contributed by atoms with Crippen LogP contribution in [-0.4, -0.2) is 36.6 Å². The molecule has 4 heteroatoms. The number of pyridine rings is 1. The molecule has 1 atom stereocenters. The zero-order chi connectivity index (χ0) is 17.6. The van der Waals surface area contributed by atoms with E-state index in [1.807, 2.05) is 12.3 Å². The summed E-state index contributed by atoms with van der Waals surface area (Å²) in [5.41, 5.74) is 2.15. The van der Waals surface area contributed by atoms with Gasteiger partial charge in [0.15, 0.2) is 0 Å². The van der Waals surface area contributed by atoms with Crippen molar-refractivity contribution in [2.45, 2.75) is 51.0 Å². The van der Waals surface area contributed by atoms with Gasteiger partial charge in [-0.05, 0) is 75.6 Å². The quantitative estimate of drug-likeness (QED) is 0.623. The maximum absolute atomic E-state index is 11.6. The third-order valence-electron chi connectivity index (χ3n) is 5.68. The Balaban J connectivity index is 1.48. The van der Waals surface area contributed by atoms with Crippen LogP contribution in [-0.2, 0) is 9.53 Å². The van der Waals surface area contributed by atoms with E-state index in [-0.39, 0.29) is 11.9 Å². The van der Waals surface area contributed by atoms with E-state index < -0.39 is 0 Å². The molecule has 1 aliphatic carbocycles. The van der Waals surface area contributed by atoms with Gasteiger partial charge in [-0.2, -0.15) is 0 Å². The second kappa shape index (κ2) is 8.49. The fraction of sp³-hybridized carbons (Fsp3) is 0.619. The van der Waals surface area contributed by atoms with Crippen molar-refractivity contribution in [1.82, 2.24) is 9.88 Å². The molecule has 0 N–H and O–H groups in total. The third kappa shape index (κ3) is 4.61. The zero-order valence-corrected chi connectivity index (χ0v) is 15.3. The number of carbonyl (C=O) groups is 1. The number of methoxy groups -OCH3 is 1. The highest BCUT2D eigenvalue weighted by Gasteiger charge is 2.26. The molecule has 1 aromatic heterocycles. The highest BCUT2D eigenvalue weighted by atomic mass is 16.5. The Morgan fingerprint density at radius 2 is 2.08 bits per heavy atom. The molecule has 0 spiro atoms. The van der Waals surface area contributed by atoms with Gasteiger partial charge < -0.3 is 4.74 Å². The van der Waals surface area contributed by atoms with Crippen LogP contribution in [0.15, 0.2) is 18.3 Å². The van der Waals surface area contributed by atoms with Crippen LogP contribution in [0.5, 0.6) is 0 Å². The number of likely N-dealkylation sites (tertiary alicyclic amines) is 1. The Morgan fingerprint density at radius 1 is 1.28 bits per heavy atom. The van der Waals surface area contributed by atoms with Gasteiger partial charge >= 0.3 is 5.97 Å². The molecular formula is C21H28N2O2. The van der Waals surface area contributed by atoms with Crippen molar-refractivity contribution in [1.29, 1.82) is 0 Å². The molecule has 0 bridgehead atoms. The van der Waals surface area contributed by atoms with Gasteiger partial charge in [0.1, 0.15) is 5.69 Å². The summed E-state index contributed by atoms with van der Waals surface area (Å²) in [6, 6.07) is 4.73. The molecule has 3 rings (SSSR count). The first-order valence-electron chi connectivity index (χ1n) is 9.40. The molecular weight excluding hydrogens is 312 g/mol. The minimum Gasteiger partial charge on any atom is -0.469 e. The van der Waals surface area contributed by atoms with Crippen molar-refractivity contribution in [2.24, 2.45) is 11.8 Å². The summed E-state index contributed by atoms with van der Waals surface area (Å²) in [6.07, 6.45) is 9.35. The highest BCUT2D eigenvalue weighted by molar-refractivity contribution is 5.72. The van der Waals surface area contributed by atoms with Gasteiger partial charge in [0, 0.05) is 18.7 Å². The zero-order valence-electron chi connectivity index (χ0n) is 15.3. The first kappa shape index (κ1) is 17.9. The lowest BCUT2D eigenvalue weighted by atomic mass is 9.81. The molecule has 4 nitrogen and oxygen atoms in total. The summed E-state index contributed by atoms with van der Waals surface area (Å²) in [4.78, 5) is 18.5.